The quantitative estimate of drug-likeness (QED) is 0.404. The van der Waals surface area contributed by atoms with Crippen molar-refractivity contribution >= 4 is 12.0 Å². The van der Waals surface area contributed by atoms with Gasteiger partial charge in [0.25, 0.3) is 0 Å². The van der Waals surface area contributed by atoms with E-state index in [1.165, 1.54) is 25.3 Å². The molecule has 0 fully saturated rings. The lowest BCUT2D eigenvalue weighted by molar-refractivity contribution is -0.104. The molecule has 1 rings (SSSR count). The first-order chi connectivity index (χ1) is 6.27. The third kappa shape index (κ3) is 2.40. The number of ether oxygens (including phenoxy) is 1. The number of halogens is 1. The number of methoxy groups -OCH3 is 1. The van der Waals surface area contributed by atoms with Crippen LogP contribution in [0.25, 0.3) is 5.76 Å². The van der Waals surface area contributed by atoms with E-state index in [4.69, 9.17) is 4.74 Å². The smallest absolute Gasteiger partial charge is 0.146 e. The molecule has 2 nitrogen and oxygen atoms in total. The van der Waals surface area contributed by atoms with Crippen LogP contribution in [0.3, 0.4) is 0 Å². The fourth-order valence-electron chi connectivity index (χ4n) is 0.958. The van der Waals surface area contributed by atoms with Gasteiger partial charge in [0.05, 0.1) is 7.11 Å². The zero-order valence-corrected chi connectivity index (χ0v) is 7.16. The Hall–Kier alpha value is -1.64. The van der Waals surface area contributed by atoms with Crippen molar-refractivity contribution in [2.75, 3.05) is 7.11 Å². The van der Waals surface area contributed by atoms with Gasteiger partial charge in [-0.05, 0) is 24.3 Å². The summed E-state index contributed by atoms with van der Waals surface area (Å²) in [6.07, 6.45) is 1.91. The standard InChI is InChI=1S/C10H9FO2/c1-13-10(6-7-12)8-2-4-9(11)5-3-8/h2-7H,1H3/b10-6-. The Morgan fingerprint density at radius 3 is 2.46 bits per heavy atom. The normalized spacial score (nSPS) is 11.1. The van der Waals surface area contributed by atoms with Gasteiger partial charge in [0.1, 0.15) is 17.9 Å². The van der Waals surface area contributed by atoms with Gasteiger partial charge in [-0.1, -0.05) is 0 Å². The van der Waals surface area contributed by atoms with Crippen molar-refractivity contribution in [1.82, 2.24) is 0 Å². The Balaban J connectivity index is 2.99. The first kappa shape index (κ1) is 9.45. The van der Waals surface area contributed by atoms with E-state index in [1.54, 1.807) is 12.1 Å². The Bertz CT molecular complexity index is 314. The average molecular weight is 180 g/mol. The highest BCUT2D eigenvalue weighted by Gasteiger charge is 1.99. The van der Waals surface area contributed by atoms with Gasteiger partial charge in [0.15, 0.2) is 0 Å². The summed E-state index contributed by atoms with van der Waals surface area (Å²) in [6.45, 7) is 0. The molecule has 0 unspecified atom stereocenters. The third-order valence-corrected chi connectivity index (χ3v) is 1.57. The number of carbonyl (C=O) groups excluding carboxylic acids is 1. The largest absolute Gasteiger partial charge is 0.496 e. The SMILES string of the molecule is CO/C(=C\C=O)c1ccc(F)cc1. The highest BCUT2D eigenvalue weighted by Crippen LogP contribution is 2.14. The maximum atomic E-state index is 12.5. The van der Waals surface area contributed by atoms with Gasteiger partial charge in [-0.25, -0.2) is 4.39 Å². The minimum Gasteiger partial charge on any atom is -0.496 e. The number of hydrogen-bond acceptors (Lipinski definition) is 2. The molecular weight excluding hydrogens is 171 g/mol. The van der Waals surface area contributed by atoms with E-state index in [9.17, 15) is 9.18 Å². The van der Waals surface area contributed by atoms with Gasteiger partial charge in [-0.3, -0.25) is 4.79 Å². The lowest BCUT2D eigenvalue weighted by Crippen LogP contribution is -1.88. The van der Waals surface area contributed by atoms with Crippen LogP contribution in [-0.2, 0) is 9.53 Å². The van der Waals surface area contributed by atoms with Crippen molar-refractivity contribution in [2.24, 2.45) is 0 Å². The molecule has 0 aromatic heterocycles. The summed E-state index contributed by atoms with van der Waals surface area (Å²) >= 11 is 0. The molecule has 0 N–H and O–H groups in total. The van der Waals surface area contributed by atoms with E-state index >= 15 is 0 Å². The number of hydrogen-bond donors (Lipinski definition) is 0. The van der Waals surface area contributed by atoms with Crippen molar-refractivity contribution in [3.8, 4) is 0 Å². The van der Waals surface area contributed by atoms with E-state index in [-0.39, 0.29) is 5.82 Å². The highest BCUT2D eigenvalue weighted by molar-refractivity contribution is 5.78. The van der Waals surface area contributed by atoms with Crippen LogP contribution in [0.2, 0.25) is 0 Å². The zero-order chi connectivity index (χ0) is 9.68. The van der Waals surface area contributed by atoms with Gasteiger partial charge < -0.3 is 4.74 Å². The minimum absolute atomic E-state index is 0.315. The van der Waals surface area contributed by atoms with Crippen molar-refractivity contribution < 1.29 is 13.9 Å². The average Bonchev–Trinajstić information content (AvgIpc) is 2.16. The molecule has 0 aliphatic rings. The Morgan fingerprint density at radius 1 is 1.38 bits per heavy atom. The van der Waals surface area contributed by atoms with Crippen molar-refractivity contribution in [3.63, 3.8) is 0 Å². The highest BCUT2D eigenvalue weighted by atomic mass is 19.1. The number of benzene rings is 1. The van der Waals surface area contributed by atoms with Crippen LogP contribution in [0.1, 0.15) is 5.56 Å². The van der Waals surface area contributed by atoms with E-state index in [1.807, 2.05) is 0 Å². The molecule has 68 valence electrons. The van der Waals surface area contributed by atoms with Gasteiger partial charge >= 0.3 is 0 Å². The van der Waals surface area contributed by atoms with Gasteiger partial charge in [0, 0.05) is 11.6 Å². The van der Waals surface area contributed by atoms with Crippen molar-refractivity contribution in [1.29, 1.82) is 0 Å². The molecule has 3 heteroatoms. The topological polar surface area (TPSA) is 26.3 Å². The summed E-state index contributed by atoms with van der Waals surface area (Å²) in [5.41, 5.74) is 0.677. The lowest BCUT2D eigenvalue weighted by atomic mass is 10.2. The number of allylic oxidation sites excluding steroid dienone is 1. The maximum absolute atomic E-state index is 12.5. The molecule has 1 aromatic rings. The molecule has 13 heavy (non-hydrogen) atoms. The maximum Gasteiger partial charge on any atom is 0.146 e. The molecule has 1 aromatic carbocycles. The van der Waals surface area contributed by atoms with E-state index in [0.29, 0.717) is 17.6 Å². The van der Waals surface area contributed by atoms with Crippen LogP contribution < -0.4 is 0 Å². The fourth-order valence-corrected chi connectivity index (χ4v) is 0.958. The Labute approximate surface area is 75.6 Å². The van der Waals surface area contributed by atoms with E-state index < -0.39 is 0 Å². The number of aldehydes is 1. The summed E-state index contributed by atoms with van der Waals surface area (Å²) < 4.78 is 17.4. The van der Waals surface area contributed by atoms with Crippen LogP contribution in [0, 0.1) is 5.82 Å². The summed E-state index contributed by atoms with van der Waals surface area (Å²) in [6, 6.07) is 5.72. The number of rotatable bonds is 3. The van der Waals surface area contributed by atoms with Crippen LogP contribution in [0.4, 0.5) is 4.39 Å². The predicted molar refractivity (Wildman–Crippen MR) is 47.5 cm³/mol. The molecule has 0 aliphatic heterocycles. The predicted octanol–water partition coefficient (Wildman–Crippen LogP) is 2.01. The molecule has 0 radical (unpaired) electrons. The van der Waals surface area contributed by atoms with Gasteiger partial charge in [-0.2, -0.15) is 0 Å². The summed E-state index contributed by atoms with van der Waals surface area (Å²) in [7, 11) is 1.46. The van der Waals surface area contributed by atoms with Crippen molar-refractivity contribution in [3.05, 3.63) is 41.7 Å². The molecule has 0 saturated carbocycles. The van der Waals surface area contributed by atoms with Gasteiger partial charge in [0.2, 0.25) is 0 Å². The molecule has 0 spiro atoms. The molecule has 0 aliphatic carbocycles. The molecule has 0 heterocycles. The summed E-state index contributed by atoms with van der Waals surface area (Å²) in [5.74, 6) is 0.111. The zero-order valence-electron chi connectivity index (χ0n) is 7.16. The third-order valence-electron chi connectivity index (χ3n) is 1.57. The summed E-state index contributed by atoms with van der Waals surface area (Å²) in [5, 5.41) is 0. The second-order valence-corrected chi connectivity index (χ2v) is 2.38. The van der Waals surface area contributed by atoms with Crippen LogP contribution in [-0.4, -0.2) is 13.4 Å². The lowest BCUT2D eigenvalue weighted by Gasteiger charge is -2.03. The van der Waals surface area contributed by atoms with Crippen molar-refractivity contribution in [2.45, 2.75) is 0 Å². The summed E-state index contributed by atoms with van der Waals surface area (Å²) in [4.78, 5) is 10.2. The van der Waals surface area contributed by atoms with Gasteiger partial charge in [-0.15, -0.1) is 0 Å². The van der Waals surface area contributed by atoms with Crippen LogP contribution in [0.15, 0.2) is 30.3 Å². The van der Waals surface area contributed by atoms with E-state index in [2.05, 4.69) is 0 Å². The monoisotopic (exact) mass is 180 g/mol. The number of carbonyl (C=O) groups is 1. The van der Waals surface area contributed by atoms with E-state index in [0.717, 1.165) is 0 Å². The molecule has 0 bridgehead atoms. The molecule has 0 atom stereocenters. The first-order valence-corrected chi connectivity index (χ1v) is 3.73. The Kier molecular flexibility index (Phi) is 3.20. The minimum atomic E-state index is -0.315. The Morgan fingerprint density at radius 2 is 2.00 bits per heavy atom. The first-order valence-electron chi connectivity index (χ1n) is 3.73. The molecule has 0 amide bonds. The molecular formula is C10H9FO2. The fraction of sp³-hybridized carbons (Fsp3) is 0.100. The second-order valence-electron chi connectivity index (χ2n) is 2.38. The second kappa shape index (κ2) is 4.40. The van der Waals surface area contributed by atoms with Crippen LogP contribution in [0.5, 0.6) is 0 Å². The van der Waals surface area contributed by atoms with Crippen LogP contribution >= 0.6 is 0 Å². The molecule has 0 saturated heterocycles.